The lowest BCUT2D eigenvalue weighted by Gasteiger charge is -2.33. The van der Waals surface area contributed by atoms with Gasteiger partial charge in [0.1, 0.15) is 0 Å². The second-order valence-corrected chi connectivity index (χ2v) is 7.45. The molecule has 0 saturated carbocycles. The molecule has 19 heavy (non-hydrogen) atoms. The Morgan fingerprint density at radius 2 is 1.79 bits per heavy atom. The molecule has 0 spiro atoms. The van der Waals surface area contributed by atoms with E-state index >= 15 is 0 Å². The molecule has 0 aromatic heterocycles. The molecule has 0 amide bonds. The lowest BCUT2D eigenvalue weighted by Crippen LogP contribution is -2.43. The summed E-state index contributed by atoms with van der Waals surface area (Å²) in [5.41, 5.74) is 2.88. The van der Waals surface area contributed by atoms with Crippen molar-refractivity contribution in [3.8, 4) is 0 Å². The van der Waals surface area contributed by atoms with Crippen LogP contribution in [0.5, 0.6) is 0 Å². The van der Waals surface area contributed by atoms with Crippen LogP contribution in [-0.2, 0) is 6.42 Å². The molecule has 0 bridgehead atoms. The Balaban J connectivity index is 2.80. The Labute approximate surface area is 123 Å². The topological polar surface area (TPSA) is 12.0 Å². The van der Waals surface area contributed by atoms with Crippen molar-refractivity contribution in [3.63, 3.8) is 0 Å². The maximum Gasteiger partial charge on any atom is 0.0440 e. The Hall–Kier alpha value is -0.530. The summed E-state index contributed by atoms with van der Waals surface area (Å²) in [6, 6.07) is 6.38. The monoisotopic (exact) mass is 281 g/mol. The number of hydrogen-bond donors (Lipinski definition) is 1. The summed E-state index contributed by atoms with van der Waals surface area (Å²) in [6.45, 7) is 14.3. The summed E-state index contributed by atoms with van der Waals surface area (Å²) in [5.74, 6) is 0. The average Bonchev–Trinajstić information content (AvgIpc) is 2.30. The largest absolute Gasteiger partial charge is 0.312 e. The highest BCUT2D eigenvalue weighted by atomic mass is 35.5. The Morgan fingerprint density at radius 1 is 1.16 bits per heavy atom. The van der Waals surface area contributed by atoms with E-state index in [4.69, 9.17) is 11.6 Å². The van der Waals surface area contributed by atoms with Crippen molar-refractivity contribution in [2.45, 2.75) is 59.9 Å². The SMILES string of the molecule is CCC(C)(CNC(C)(C)C)Cc1ccc(C)cc1Cl. The molecule has 108 valence electrons. The number of halogens is 1. The molecule has 0 heterocycles. The fraction of sp³-hybridized carbons (Fsp3) is 0.647. The summed E-state index contributed by atoms with van der Waals surface area (Å²) < 4.78 is 0. The summed E-state index contributed by atoms with van der Waals surface area (Å²) in [7, 11) is 0. The number of benzene rings is 1. The Morgan fingerprint density at radius 3 is 2.26 bits per heavy atom. The molecule has 1 unspecified atom stereocenters. The molecule has 0 aliphatic rings. The van der Waals surface area contributed by atoms with Crippen molar-refractivity contribution in [3.05, 3.63) is 34.3 Å². The van der Waals surface area contributed by atoms with E-state index in [1.54, 1.807) is 0 Å². The third-order valence-corrected chi connectivity index (χ3v) is 4.08. The van der Waals surface area contributed by atoms with Crippen molar-refractivity contribution in [2.24, 2.45) is 5.41 Å². The molecule has 1 atom stereocenters. The third kappa shape index (κ3) is 5.54. The van der Waals surface area contributed by atoms with Crippen LogP contribution in [0.4, 0.5) is 0 Å². The molecule has 0 aliphatic heterocycles. The van der Waals surface area contributed by atoms with E-state index in [-0.39, 0.29) is 11.0 Å². The predicted molar refractivity (Wildman–Crippen MR) is 86.0 cm³/mol. The van der Waals surface area contributed by atoms with Gasteiger partial charge < -0.3 is 5.32 Å². The molecule has 1 N–H and O–H groups in total. The van der Waals surface area contributed by atoms with Gasteiger partial charge in [0.05, 0.1) is 0 Å². The molecule has 1 nitrogen and oxygen atoms in total. The Kier molecular flexibility index (Phi) is 5.46. The summed E-state index contributed by atoms with van der Waals surface area (Å²) in [6.07, 6.45) is 2.16. The second-order valence-electron chi connectivity index (χ2n) is 7.04. The van der Waals surface area contributed by atoms with E-state index in [0.717, 1.165) is 24.4 Å². The van der Waals surface area contributed by atoms with Crippen LogP contribution >= 0.6 is 11.6 Å². The van der Waals surface area contributed by atoms with Crippen LogP contribution < -0.4 is 5.32 Å². The zero-order valence-corrected chi connectivity index (χ0v) is 14.0. The van der Waals surface area contributed by atoms with E-state index < -0.39 is 0 Å². The molecule has 2 heteroatoms. The molecular formula is C17H28ClN. The lowest BCUT2D eigenvalue weighted by atomic mass is 9.80. The van der Waals surface area contributed by atoms with Gasteiger partial charge in [-0.1, -0.05) is 37.6 Å². The van der Waals surface area contributed by atoms with E-state index in [0.29, 0.717) is 0 Å². The van der Waals surface area contributed by atoms with Gasteiger partial charge in [0.2, 0.25) is 0 Å². The summed E-state index contributed by atoms with van der Waals surface area (Å²) >= 11 is 6.36. The number of hydrogen-bond acceptors (Lipinski definition) is 1. The first-order valence-corrected chi connectivity index (χ1v) is 7.53. The minimum atomic E-state index is 0.160. The second kappa shape index (κ2) is 6.28. The first-order valence-electron chi connectivity index (χ1n) is 7.15. The van der Waals surface area contributed by atoms with E-state index in [9.17, 15) is 0 Å². The van der Waals surface area contributed by atoms with Gasteiger partial charge in [-0.25, -0.2) is 0 Å². The van der Waals surface area contributed by atoms with Gasteiger partial charge >= 0.3 is 0 Å². The summed E-state index contributed by atoms with van der Waals surface area (Å²) in [4.78, 5) is 0. The van der Waals surface area contributed by atoms with Crippen LogP contribution in [-0.4, -0.2) is 12.1 Å². The normalized spacial score (nSPS) is 15.3. The van der Waals surface area contributed by atoms with Gasteiger partial charge in [-0.2, -0.15) is 0 Å². The zero-order valence-electron chi connectivity index (χ0n) is 13.2. The van der Waals surface area contributed by atoms with Crippen LogP contribution in [0.3, 0.4) is 0 Å². The van der Waals surface area contributed by atoms with Gasteiger partial charge in [-0.3, -0.25) is 0 Å². The van der Waals surface area contributed by atoms with Gasteiger partial charge in [-0.15, -0.1) is 0 Å². The van der Waals surface area contributed by atoms with Crippen molar-refractivity contribution < 1.29 is 0 Å². The molecule has 0 aliphatic carbocycles. The van der Waals surface area contributed by atoms with E-state index in [2.05, 4.69) is 65.1 Å². The molecule has 1 aromatic rings. The maximum atomic E-state index is 6.36. The lowest BCUT2D eigenvalue weighted by molar-refractivity contribution is 0.255. The minimum Gasteiger partial charge on any atom is -0.312 e. The van der Waals surface area contributed by atoms with E-state index in [1.165, 1.54) is 11.1 Å². The van der Waals surface area contributed by atoms with Crippen molar-refractivity contribution in [1.29, 1.82) is 0 Å². The van der Waals surface area contributed by atoms with Crippen LogP contribution in [0.15, 0.2) is 18.2 Å². The van der Waals surface area contributed by atoms with Gasteiger partial charge in [0.25, 0.3) is 0 Å². The average molecular weight is 282 g/mol. The smallest absolute Gasteiger partial charge is 0.0440 e. The first kappa shape index (κ1) is 16.5. The molecule has 0 fully saturated rings. The molecule has 0 saturated heterocycles. The van der Waals surface area contributed by atoms with Crippen molar-refractivity contribution in [1.82, 2.24) is 5.32 Å². The number of rotatable bonds is 5. The fourth-order valence-electron chi connectivity index (χ4n) is 2.05. The standard InChI is InChI=1S/C17H28ClN/c1-7-17(6,12-19-16(3,4)5)11-14-9-8-13(2)10-15(14)18/h8-10,19H,7,11-12H2,1-6H3. The molecule has 1 aromatic carbocycles. The van der Waals surface area contributed by atoms with Crippen molar-refractivity contribution >= 4 is 11.6 Å². The highest BCUT2D eigenvalue weighted by Gasteiger charge is 2.25. The van der Waals surface area contributed by atoms with Crippen molar-refractivity contribution in [2.75, 3.05) is 6.54 Å². The van der Waals surface area contributed by atoms with Crippen LogP contribution in [0.2, 0.25) is 5.02 Å². The van der Waals surface area contributed by atoms with Gasteiger partial charge in [0.15, 0.2) is 0 Å². The van der Waals surface area contributed by atoms with E-state index in [1.807, 2.05) is 0 Å². The number of aryl methyl sites for hydroxylation is 1. The number of nitrogens with one attached hydrogen (secondary N) is 1. The van der Waals surface area contributed by atoms with Crippen LogP contribution in [0.25, 0.3) is 0 Å². The fourth-order valence-corrected chi connectivity index (χ4v) is 2.35. The van der Waals surface area contributed by atoms with Crippen LogP contribution in [0, 0.1) is 12.3 Å². The highest BCUT2D eigenvalue weighted by molar-refractivity contribution is 6.31. The van der Waals surface area contributed by atoms with Gasteiger partial charge in [-0.05, 0) is 63.1 Å². The van der Waals surface area contributed by atoms with Gasteiger partial charge in [0, 0.05) is 17.1 Å². The highest BCUT2D eigenvalue weighted by Crippen LogP contribution is 2.30. The summed E-state index contributed by atoms with van der Waals surface area (Å²) in [5, 5.41) is 4.52. The predicted octanol–water partition coefficient (Wildman–Crippen LogP) is 5.00. The Bertz CT molecular complexity index is 420. The molecule has 1 rings (SSSR count). The molecule has 0 radical (unpaired) electrons. The minimum absolute atomic E-state index is 0.160. The quantitative estimate of drug-likeness (QED) is 0.801. The van der Waals surface area contributed by atoms with Crippen LogP contribution in [0.1, 0.15) is 52.2 Å². The zero-order chi connectivity index (χ0) is 14.7. The third-order valence-electron chi connectivity index (χ3n) is 3.72. The maximum absolute atomic E-state index is 6.36. The molecular weight excluding hydrogens is 254 g/mol. The first-order chi connectivity index (χ1) is 8.65.